The summed E-state index contributed by atoms with van der Waals surface area (Å²) in [7, 11) is -3.46. The highest BCUT2D eigenvalue weighted by atomic mass is 35.5. The summed E-state index contributed by atoms with van der Waals surface area (Å²) in [6, 6.07) is 24.3. The Morgan fingerprint density at radius 1 is 0.935 bits per heavy atom. The minimum Gasteiger partial charge on any atom is -0.451 e. The molecule has 5 heterocycles. The van der Waals surface area contributed by atoms with Crippen LogP contribution < -0.4 is 19.7 Å². The maximum absolute atomic E-state index is 15.2. The number of piperazine rings is 1. The first kappa shape index (κ1) is 44.4. The number of rotatable bonds is 13. The minimum atomic E-state index is -3.46. The first-order valence-electron chi connectivity index (χ1n) is 21.9. The third-order valence-electron chi connectivity index (χ3n) is 14.2. The summed E-state index contributed by atoms with van der Waals surface area (Å²) >= 11 is 0. The molecule has 1 saturated carbocycles. The molecule has 5 fully saturated rings. The van der Waals surface area contributed by atoms with Gasteiger partial charge in [0.05, 0.1) is 22.8 Å². The van der Waals surface area contributed by atoms with Crippen molar-refractivity contribution < 1.29 is 22.3 Å². The van der Waals surface area contributed by atoms with Crippen molar-refractivity contribution >= 4 is 34.3 Å². The molecule has 0 radical (unpaired) electrons. The van der Waals surface area contributed by atoms with Crippen LogP contribution in [0.2, 0.25) is 0 Å². The van der Waals surface area contributed by atoms with E-state index >= 15 is 9.18 Å². The molecule has 1 aliphatic carbocycles. The Balaban J connectivity index is 0.00000529. The fourth-order valence-corrected chi connectivity index (χ4v) is 12.8. The van der Waals surface area contributed by atoms with Crippen molar-refractivity contribution in [3.05, 3.63) is 114 Å². The van der Waals surface area contributed by atoms with E-state index in [1.165, 1.54) is 24.5 Å². The summed E-state index contributed by atoms with van der Waals surface area (Å²) in [5, 5.41) is 3.39. The SMILES string of the molecule is CC(C)(c1ccccc1)N(C(=O)c1cc(F)ccc1Oc1cncnc1N1CC[C@@H](CN2CC3(CCC(NS(=O)(=O)N4C[C@@H]5C[C@H]4CN5)CC3)C2)C1)C(C)(C)c1ccccc1.Cl. The predicted octanol–water partition coefficient (Wildman–Crippen LogP) is 7.09. The number of carbonyl (C=O) groups is 1. The average molecular weight is 888 g/mol. The second-order valence-electron chi connectivity index (χ2n) is 19.2. The molecule has 12 nitrogen and oxygen atoms in total. The molecular weight excluding hydrogens is 827 g/mol. The number of aromatic nitrogens is 2. The minimum absolute atomic E-state index is 0. The Morgan fingerprint density at radius 2 is 1.60 bits per heavy atom. The van der Waals surface area contributed by atoms with Gasteiger partial charge in [-0.15, -0.1) is 12.4 Å². The van der Waals surface area contributed by atoms with Gasteiger partial charge >= 0.3 is 0 Å². The third-order valence-corrected chi connectivity index (χ3v) is 15.9. The van der Waals surface area contributed by atoms with Gasteiger partial charge in [0.15, 0.2) is 11.6 Å². The molecule has 3 atom stereocenters. The van der Waals surface area contributed by atoms with Crippen LogP contribution in [0, 0.1) is 17.2 Å². The van der Waals surface area contributed by atoms with Crippen molar-refractivity contribution in [2.24, 2.45) is 11.3 Å². The second kappa shape index (κ2) is 17.4. The van der Waals surface area contributed by atoms with Crippen LogP contribution in [0.15, 0.2) is 91.4 Å². The van der Waals surface area contributed by atoms with Crippen LogP contribution in [-0.4, -0.2) is 102 Å². The Kier molecular flexibility index (Phi) is 12.5. The molecule has 1 aromatic heterocycles. The van der Waals surface area contributed by atoms with Gasteiger partial charge in [-0.2, -0.15) is 17.4 Å². The number of amides is 1. The number of fused-ring (bicyclic) bond motifs is 2. The van der Waals surface area contributed by atoms with Crippen molar-refractivity contribution in [2.45, 2.75) is 95.4 Å². The van der Waals surface area contributed by atoms with Gasteiger partial charge in [-0.05, 0) is 107 Å². The molecule has 2 bridgehead atoms. The zero-order valence-electron chi connectivity index (χ0n) is 36.2. The van der Waals surface area contributed by atoms with Crippen LogP contribution in [0.4, 0.5) is 10.2 Å². The van der Waals surface area contributed by atoms with Gasteiger partial charge in [0.25, 0.3) is 16.1 Å². The quantitative estimate of drug-likeness (QED) is 0.145. The number of halogens is 2. The van der Waals surface area contributed by atoms with E-state index < -0.39 is 27.1 Å². The number of benzene rings is 3. The fourth-order valence-electron chi connectivity index (χ4n) is 11.1. The standard InChI is InChI=1S/C47H59FN8O4S.ClH/c1-45(2,34-11-7-5-8-12-34)56(46(3,4)35-13-9-6-10-14-35)44(57)40-23-36(48)15-16-41(40)60-42-26-49-32-51-43(42)54-22-19-33(28-54)27-53-30-47(31-53)20-17-37(18-21-47)52-61(58,59)55-29-38-24-39(55)25-50-38;/h5-16,23,26,32-33,37-39,50,52H,17-22,24-25,27-31H2,1-4H3;1H/t33-,38-,39-;/m0./s1. The summed E-state index contributed by atoms with van der Waals surface area (Å²) in [5.74, 6) is 0.806. The lowest BCUT2D eigenvalue weighted by molar-refractivity contribution is -0.0387. The van der Waals surface area contributed by atoms with Crippen LogP contribution in [0.1, 0.15) is 87.7 Å². The molecule has 5 aliphatic rings. The van der Waals surface area contributed by atoms with E-state index in [2.05, 4.69) is 29.8 Å². The normalized spacial score (nSPS) is 23.0. The number of anilines is 1. The molecule has 1 amide bonds. The first-order chi connectivity index (χ1) is 29.2. The summed E-state index contributed by atoms with van der Waals surface area (Å²) in [6.45, 7) is 14.1. The first-order valence-corrected chi connectivity index (χ1v) is 23.4. The predicted molar refractivity (Wildman–Crippen MR) is 241 cm³/mol. The van der Waals surface area contributed by atoms with Crippen LogP contribution in [0.3, 0.4) is 0 Å². The number of nitrogens with one attached hydrogen (secondary N) is 2. The van der Waals surface area contributed by atoms with Gasteiger partial charge in [0, 0.05) is 63.9 Å². The molecule has 3 aromatic carbocycles. The molecule has 2 N–H and O–H groups in total. The van der Waals surface area contributed by atoms with Gasteiger partial charge in [0.2, 0.25) is 0 Å². The largest absolute Gasteiger partial charge is 0.451 e. The summed E-state index contributed by atoms with van der Waals surface area (Å²) in [5.41, 5.74) is 0.643. The Labute approximate surface area is 372 Å². The lowest BCUT2D eigenvalue weighted by Gasteiger charge is -2.54. The molecule has 62 heavy (non-hydrogen) atoms. The van der Waals surface area contributed by atoms with Crippen molar-refractivity contribution in [3.63, 3.8) is 0 Å². The van der Waals surface area contributed by atoms with Crippen molar-refractivity contribution in [1.29, 1.82) is 0 Å². The number of ether oxygens (including phenoxy) is 1. The van der Waals surface area contributed by atoms with Crippen molar-refractivity contribution in [1.82, 2.24) is 34.1 Å². The van der Waals surface area contributed by atoms with Gasteiger partial charge in [-0.3, -0.25) is 4.79 Å². The number of likely N-dealkylation sites (tertiary alicyclic amines) is 1. The summed E-state index contributed by atoms with van der Waals surface area (Å²) < 4.78 is 52.9. The maximum atomic E-state index is 15.2. The van der Waals surface area contributed by atoms with Crippen molar-refractivity contribution in [2.75, 3.05) is 50.7 Å². The molecule has 4 saturated heterocycles. The number of carbonyl (C=O) groups excluding carboxylic acids is 1. The molecule has 9 rings (SSSR count). The molecule has 15 heteroatoms. The zero-order valence-corrected chi connectivity index (χ0v) is 37.8. The van der Waals surface area contributed by atoms with E-state index in [-0.39, 0.29) is 47.1 Å². The maximum Gasteiger partial charge on any atom is 0.280 e. The molecule has 332 valence electrons. The summed E-state index contributed by atoms with van der Waals surface area (Å²) in [4.78, 5) is 30.7. The number of hydrogen-bond acceptors (Lipinski definition) is 9. The topological polar surface area (TPSA) is 123 Å². The smallest absolute Gasteiger partial charge is 0.280 e. The van der Waals surface area contributed by atoms with Gasteiger partial charge in [0.1, 0.15) is 17.9 Å². The molecule has 4 aromatic rings. The fraction of sp³-hybridized carbons (Fsp3) is 0.511. The lowest BCUT2D eigenvalue weighted by atomic mass is 9.67. The Morgan fingerprint density at radius 3 is 2.21 bits per heavy atom. The molecule has 1 spiro atoms. The second-order valence-corrected chi connectivity index (χ2v) is 20.8. The van der Waals surface area contributed by atoms with E-state index in [0.29, 0.717) is 30.1 Å². The highest BCUT2D eigenvalue weighted by Crippen LogP contribution is 2.46. The van der Waals surface area contributed by atoms with Crippen LogP contribution in [-0.2, 0) is 21.3 Å². The summed E-state index contributed by atoms with van der Waals surface area (Å²) in [6.07, 6.45) is 8.91. The highest BCUT2D eigenvalue weighted by molar-refractivity contribution is 7.87. The monoisotopic (exact) mass is 886 g/mol. The molecular formula is C47H60ClFN8O4S. The van der Waals surface area contributed by atoms with Crippen LogP contribution in [0.5, 0.6) is 11.5 Å². The number of nitrogens with zero attached hydrogens (tertiary/aromatic N) is 6. The molecule has 0 unspecified atom stereocenters. The third kappa shape index (κ3) is 8.70. The van der Waals surface area contributed by atoms with Gasteiger partial charge in [-0.1, -0.05) is 60.7 Å². The average Bonchev–Trinajstić information content (AvgIpc) is 4.01. The Bertz CT molecular complexity index is 2270. The van der Waals surface area contributed by atoms with Gasteiger partial charge in [-0.25, -0.2) is 14.4 Å². The van der Waals surface area contributed by atoms with Crippen molar-refractivity contribution in [3.8, 4) is 11.5 Å². The van der Waals surface area contributed by atoms with E-state index in [9.17, 15) is 8.42 Å². The van der Waals surface area contributed by atoms with E-state index in [0.717, 1.165) is 88.9 Å². The Hall–Kier alpha value is -4.18. The van der Waals surface area contributed by atoms with E-state index in [1.54, 1.807) is 10.5 Å². The highest BCUT2D eigenvalue weighted by Gasteiger charge is 2.49. The van der Waals surface area contributed by atoms with Crippen LogP contribution >= 0.6 is 12.4 Å². The lowest BCUT2D eigenvalue weighted by Crippen LogP contribution is -2.60. The molecule has 4 aliphatic heterocycles. The van der Waals surface area contributed by atoms with Crippen LogP contribution in [0.25, 0.3) is 0 Å². The number of hydrogen-bond donors (Lipinski definition) is 2. The van der Waals surface area contributed by atoms with Gasteiger partial charge < -0.3 is 24.8 Å². The zero-order chi connectivity index (χ0) is 42.6. The van der Waals surface area contributed by atoms with E-state index in [4.69, 9.17) is 4.74 Å². The van der Waals surface area contributed by atoms with E-state index in [1.807, 2.05) is 93.3 Å².